The van der Waals surface area contributed by atoms with Crippen molar-refractivity contribution in [3.8, 4) is 0 Å². The molecule has 1 heterocycles. The van der Waals surface area contributed by atoms with Gasteiger partial charge < -0.3 is 15.6 Å². The van der Waals surface area contributed by atoms with E-state index >= 15 is 0 Å². The molecule has 1 aromatic heterocycles. The maximum absolute atomic E-state index is 12.0. The highest BCUT2D eigenvalue weighted by atomic mass is 16.5. The van der Waals surface area contributed by atoms with E-state index in [0.717, 1.165) is 5.56 Å². The first-order valence-corrected chi connectivity index (χ1v) is 5.27. The fourth-order valence-corrected chi connectivity index (χ4v) is 1.57. The van der Waals surface area contributed by atoms with Gasteiger partial charge in [-0.1, -0.05) is 35.5 Å². The number of carbonyl (C=O) groups is 1. The molecule has 0 saturated heterocycles. The third-order valence-electron chi connectivity index (χ3n) is 2.44. The Bertz CT molecular complexity index is 468. The summed E-state index contributed by atoms with van der Waals surface area (Å²) in [5.41, 5.74) is 6.52. The predicted octanol–water partition coefficient (Wildman–Crippen LogP) is 1.36. The summed E-state index contributed by atoms with van der Waals surface area (Å²) in [6.45, 7) is 0.244. The molecule has 2 rings (SSSR count). The maximum Gasteiger partial charge on any atom is 0.234 e. The maximum atomic E-state index is 12.0. The molecular weight excluding hydrogens is 218 g/mol. The molecule has 1 atom stereocenters. The molecule has 0 bridgehead atoms. The fraction of sp³-hybridized carbons (Fsp3) is 0.167. The lowest BCUT2D eigenvalue weighted by Crippen LogP contribution is -2.27. The van der Waals surface area contributed by atoms with Crippen LogP contribution < -0.4 is 11.1 Å². The Hall–Kier alpha value is -2.14. The minimum atomic E-state index is -0.382. The molecule has 5 heteroatoms. The van der Waals surface area contributed by atoms with Crippen LogP contribution in [-0.4, -0.2) is 17.6 Å². The van der Waals surface area contributed by atoms with Crippen molar-refractivity contribution in [1.29, 1.82) is 0 Å². The quantitative estimate of drug-likeness (QED) is 0.832. The predicted molar refractivity (Wildman–Crippen MR) is 63.4 cm³/mol. The van der Waals surface area contributed by atoms with Gasteiger partial charge in [-0.2, -0.15) is 0 Å². The second-order valence-electron chi connectivity index (χ2n) is 3.57. The van der Waals surface area contributed by atoms with Crippen LogP contribution in [0.25, 0.3) is 0 Å². The lowest BCUT2D eigenvalue weighted by Gasteiger charge is -2.13. The second kappa shape index (κ2) is 5.27. The van der Waals surface area contributed by atoms with Crippen molar-refractivity contribution < 1.29 is 9.32 Å². The number of nitrogens with one attached hydrogen (secondary N) is 1. The van der Waals surface area contributed by atoms with Gasteiger partial charge in [-0.25, -0.2) is 0 Å². The van der Waals surface area contributed by atoms with E-state index in [4.69, 9.17) is 5.73 Å². The number of hydrogen-bond acceptors (Lipinski definition) is 4. The summed E-state index contributed by atoms with van der Waals surface area (Å²) in [5.74, 6) is -0.176. The van der Waals surface area contributed by atoms with Gasteiger partial charge in [0.05, 0.1) is 5.92 Å². The first-order valence-electron chi connectivity index (χ1n) is 5.27. The van der Waals surface area contributed by atoms with Gasteiger partial charge in [0, 0.05) is 12.6 Å². The summed E-state index contributed by atoms with van der Waals surface area (Å²) in [6.07, 6.45) is 1.40. The van der Waals surface area contributed by atoms with Crippen LogP contribution in [0.2, 0.25) is 0 Å². The minimum Gasteiger partial charge on any atom is -0.363 e. The van der Waals surface area contributed by atoms with Crippen LogP contribution in [0.5, 0.6) is 0 Å². The summed E-state index contributed by atoms with van der Waals surface area (Å²) in [7, 11) is 0. The van der Waals surface area contributed by atoms with Crippen molar-refractivity contribution in [2.24, 2.45) is 5.73 Å². The topological polar surface area (TPSA) is 81.2 Å². The summed E-state index contributed by atoms with van der Waals surface area (Å²) < 4.78 is 4.64. The summed E-state index contributed by atoms with van der Waals surface area (Å²) >= 11 is 0. The minimum absolute atomic E-state index is 0.187. The van der Waals surface area contributed by atoms with Crippen LogP contribution in [0.4, 0.5) is 5.82 Å². The molecule has 88 valence electrons. The molecule has 0 aliphatic carbocycles. The third kappa shape index (κ3) is 2.70. The number of nitrogens with zero attached hydrogens (tertiary/aromatic N) is 1. The van der Waals surface area contributed by atoms with Crippen LogP contribution in [0.3, 0.4) is 0 Å². The molecule has 0 fully saturated rings. The third-order valence-corrected chi connectivity index (χ3v) is 2.44. The average Bonchev–Trinajstić information content (AvgIpc) is 2.84. The van der Waals surface area contributed by atoms with Crippen molar-refractivity contribution in [2.75, 3.05) is 11.9 Å². The standard InChI is InChI=1S/C12H13N3O2/c13-8-10(9-4-2-1-3-5-9)12(16)14-11-6-7-17-15-11/h1-7,10H,8,13H2,(H,14,15,16). The molecule has 0 aliphatic heterocycles. The number of rotatable bonds is 4. The number of amides is 1. The van der Waals surface area contributed by atoms with Crippen LogP contribution in [0.1, 0.15) is 11.5 Å². The van der Waals surface area contributed by atoms with E-state index in [9.17, 15) is 4.79 Å². The van der Waals surface area contributed by atoms with E-state index < -0.39 is 0 Å². The molecule has 1 aromatic carbocycles. The zero-order valence-electron chi connectivity index (χ0n) is 9.17. The van der Waals surface area contributed by atoms with Gasteiger partial charge >= 0.3 is 0 Å². The molecule has 17 heavy (non-hydrogen) atoms. The van der Waals surface area contributed by atoms with Gasteiger partial charge in [0.1, 0.15) is 6.26 Å². The van der Waals surface area contributed by atoms with Crippen LogP contribution in [-0.2, 0) is 4.79 Å². The molecule has 3 N–H and O–H groups in total. The zero-order chi connectivity index (χ0) is 12.1. The molecule has 5 nitrogen and oxygen atoms in total. The number of nitrogens with two attached hydrogens (primary N) is 1. The van der Waals surface area contributed by atoms with Crippen molar-refractivity contribution in [1.82, 2.24) is 5.16 Å². The monoisotopic (exact) mass is 231 g/mol. The van der Waals surface area contributed by atoms with Gasteiger partial charge in [-0.05, 0) is 5.56 Å². The number of benzene rings is 1. The van der Waals surface area contributed by atoms with E-state index in [-0.39, 0.29) is 18.4 Å². The van der Waals surface area contributed by atoms with E-state index in [1.165, 1.54) is 6.26 Å². The van der Waals surface area contributed by atoms with Crippen LogP contribution >= 0.6 is 0 Å². The van der Waals surface area contributed by atoms with Gasteiger partial charge in [0.25, 0.3) is 0 Å². The Labute approximate surface area is 98.6 Å². The molecule has 1 amide bonds. The van der Waals surface area contributed by atoms with E-state index in [1.54, 1.807) is 6.07 Å². The molecule has 0 aliphatic rings. The number of aromatic nitrogens is 1. The lowest BCUT2D eigenvalue weighted by molar-refractivity contribution is -0.117. The highest BCUT2D eigenvalue weighted by Crippen LogP contribution is 2.16. The van der Waals surface area contributed by atoms with E-state index in [2.05, 4.69) is 15.0 Å². The van der Waals surface area contributed by atoms with E-state index in [1.807, 2.05) is 30.3 Å². The Kier molecular flexibility index (Phi) is 3.52. The van der Waals surface area contributed by atoms with Crippen molar-refractivity contribution >= 4 is 11.7 Å². The van der Waals surface area contributed by atoms with Gasteiger partial charge in [0.2, 0.25) is 5.91 Å². The van der Waals surface area contributed by atoms with E-state index in [0.29, 0.717) is 5.82 Å². The van der Waals surface area contributed by atoms with Gasteiger partial charge in [-0.3, -0.25) is 4.79 Å². The summed E-state index contributed by atoms with van der Waals surface area (Å²) in [4.78, 5) is 12.0. The molecule has 0 radical (unpaired) electrons. The highest BCUT2D eigenvalue weighted by molar-refractivity contribution is 5.95. The van der Waals surface area contributed by atoms with Crippen molar-refractivity contribution in [3.63, 3.8) is 0 Å². The molecule has 0 saturated carbocycles. The molecule has 0 spiro atoms. The fourth-order valence-electron chi connectivity index (χ4n) is 1.57. The van der Waals surface area contributed by atoms with Crippen LogP contribution in [0, 0.1) is 0 Å². The lowest BCUT2D eigenvalue weighted by atomic mass is 9.98. The smallest absolute Gasteiger partial charge is 0.234 e. The zero-order valence-corrected chi connectivity index (χ0v) is 9.17. The van der Waals surface area contributed by atoms with Crippen molar-refractivity contribution in [3.05, 3.63) is 48.2 Å². The molecule has 1 unspecified atom stereocenters. The molecule has 2 aromatic rings. The Morgan fingerprint density at radius 2 is 2.12 bits per heavy atom. The largest absolute Gasteiger partial charge is 0.363 e. The summed E-state index contributed by atoms with van der Waals surface area (Å²) in [6, 6.07) is 11.0. The van der Waals surface area contributed by atoms with Crippen LogP contribution in [0.15, 0.2) is 47.2 Å². The Morgan fingerprint density at radius 3 is 2.71 bits per heavy atom. The first kappa shape index (κ1) is 11.3. The average molecular weight is 231 g/mol. The molecular formula is C12H13N3O2. The Balaban J connectivity index is 2.11. The van der Waals surface area contributed by atoms with Gasteiger partial charge in [0.15, 0.2) is 5.82 Å². The highest BCUT2D eigenvalue weighted by Gasteiger charge is 2.19. The normalized spacial score (nSPS) is 12.1. The van der Waals surface area contributed by atoms with Crippen molar-refractivity contribution in [2.45, 2.75) is 5.92 Å². The summed E-state index contributed by atoms with van der Waals surface area (Å²) in [5, 5.41) is 6.27. The second-order valence-corrected chi connectivity index (χ2v) is 3.57. The number of anilines is 1. The van der Waals surface area contributed by atoms with Gasteiger partial charge in [-0.15, -0.1) is 0 Å². The Morgan fingerprint density at radius 1 is 1.35 bits per heavy atom. The first-order chi connectivity index (χ1) is 8.31. The SMILES string of the molecule is NCC(C(=O)Nc1ccon1)c1ccccc1. The number of hydrogen-bond donors (Lipinski definition) is 2. The number of carbonyl (C=O) groups excluding carboxylic acids is 1.